The highest BCUT2D eigenvalue weighted by Gasteiger charge is 2.15. The van der Waals surface area contributed by atoms with Crippen molar-refractivity contribution in [3.05, 3.63) is 32.8 Å². The van der Waals surface area contributed by atoms with Gasteiger partial charge in [0.1, 0.15) is 5.02 Å². The maximum Gasteiger partial charge on any atom is 0.288 e. The fourth-order valence-electron chi connectivity index (χ4n) is 1.49. The molecule has 0 amide bonds. The monoisotopic (exact) mass is 258 g/mol. The molecule has 0 aliphatic rings. The summed E-state index contributed by atoms with van der Waals surface area (Å²) in [6, 6.07) is 3.07. The van der Waals surface area contributed by atoms with Gasteiger partial charge in [-0.2, -0.15) is 0 Å². The zero-order valence-electron chi connectivity index (χ0n) is 9.74. The number of hydrogen-bond acceptors (Lipinski definition) is 4. The third-order valence-electron chi connectivity index (χ3n) is 2.45. The van der Waals surface area contributed by atoms with Crippen molar-refractivity contribution in [2.75, 3.05) is 11.9 Å². The molecule has 94 valence electrons. The van der Waals surface area contributed by atoms with Gasteiger partial charge >= 0.3 is 0 Å². The molecule has 0 saturated carbocycles. The zero-order valence-corrected chi connectivity index (χ0v) is 10.5. The molecule has 6 heteroatoms. The molecule has 0 radical (unpaired) electrons. The highest BCUT2D eigenvalue weighted by molar-refractivity contribution is 6.33. The lowest BCUT2D eigenvalue weighted by molar-refractivity contribution is -0.384. The van der Waals surface area contributed by atoms with Crippen molar-refractivity contribution in [2.45, 2.75) is 26.3 Å². The Hall–Kier alpha value is -1.33. The van der Waals surface area contributed by atoms with E-state index in [-0.39, 0.29) is 23.4 Å². The quantitative estimate of drug-likeness (QED) is 0.629. The lowest BCUT2D eigenvalue weighted by Gasteiger charge is -2.16. The van der Waals surface area contributed by atoms with Crippen LogP contribution in [0.3, 0.4) is 0 Å². The smallest absolute Gasteiger partial charge is 0.288 e. The number of aliphatic hydroxyl groups excluding tert-OH is 1. The van der Waals surface area contributed by atoms with Crippen LogP contribution in [0.1, 0.15) is 18.9 Å². The van der Waals surface area contributed by atoms with E-state index in [4.69, 9.17) is 16.7 Å². The molecule has 0 aliphatic heterocycles. The van der Waals surface area contributed by atoms with Crippen LogP contribution in [0.5, 0.6) is 0 Å². The van der Waals surface area contributed by atoms with Crippen LogP contribution in [-0.2, 0) is 0 Å². The van der Waals surface area contributed by atoms with Crippen LogP contribution in [0.15, 0.2) is 12.1 Å². The molecule has 0 saturated heterocycles. The molecule has 1 rings (SSSR count). The number of aliphatic hydroxyl groups is 1. The second kappa shape index (κ2) is 5.84. The first-order chi connectivity index (χ1) is 7.95. The van der Waals surface area contributed by atoms with Gasteiger partial charge in [0.15, 0.2) is 0 Å². The van der Waals surface area contributed by atoms with Crippen molar-refractivity contribution >= 4 is 23.0 Å². The molecule has 0 fully saturated rings. The number of nitrogens with zero attached hydrogens (tertiary/aromatic N) is 1. The number of benzene rings is 1. The van der Waals surface area contributed by atoms with Crippen molar-refractivity contribution in [1.29, 1.82) is 0 Å². The third kappa shape index (κ3) is 3.57. The first-order valence-corrected chi connectivity index (χ1v) is 5.65. The molecule has 0 heterocycles. The van der Waals surface area contributed by atoms with Gasteiger partial charge in [0.2, 0.25) is 0 Å². The van der Waals surface area contributed by atoms with Crippen molar-refractivity contribution in [3.63, 3.8) is 0 Å². The molecule has 0 bridgehead atoms. The molecule has 1 aromatic carbocycles. The largest absolute Gasteiger partial charge is 0.396 e. The van der Waals surface area contributed by atoms with Gasteiger partial charge in [0, 0.05) is 24.4 Å². The Balaban J connectivity index is 2.95. The van der Waals surface area contributed by atoms with Crippen LogP contribution in [0.4, 0.5) is 11.4 Å². The zero-order chi connectivity index (χ0) is 13.0. The Kier molecular flexibility index (Phi) is 4.72. The van der Waals surface area contributed by atoms with E-state index < -0.39 is 4.92 Å². The van der Waals surface area contributed by atoms with Crippen LogP contribution < -0.4 is 5.32 Å². The standard InChI is InChI=1S/C11H15ClN2O3/c1-7-5-11(14(16)17)9(12)6-10(7)13-8(2)3-4-15/h5-6,8,13,15H,3-4H2,1-2H3. The highest BCUT2D eigenvalue weighted by Crippen LogP contribution is 2.30. The summed E-state index contributed by atoms with van der Waals surface area (Å²) in [5, 5.41) is 22.7. The Bertz CT molecular complexity index is 423. The minimum absolute atomic E-state index is 0.0798. The van der Waals surface area contributed by atoms with Crippen molar-refractivity contribution in [2.24, 2.45) is 0 Å². The lowest BCUT2D eigenvalue weighted by atomic mass is 10.1. The van der Waals surface area contributed by atoms with E-state index in [0.29, 0.717) is 6.42 Å². The molecule has 1 atom stereocenters. The summed E-state index contributed by atoms with van der Waals surface area (Å²) in [7, 11) is 0. The average Bonchev–Trinajstić information content (AvgIpc) is 2.22. The fourth-order valence-corrected chi connectivity index (χ4v) is 1.73. The Morgan fingerprint density at radius 2 is 2.24 bits per heavy atom. The molecule has 0 spiro atoms. The summed E-state index contributed by atoms with van der Waals surface area (Å²) in [6.07, 6.45) is 0.605. The number of halogens is 1. The normalized spacial score (nSPS) is 12.2. The molecule has 1 unspecified atom stereocenters. The summed E-state index contributed by atoms with van der Waals surface area (Å²) < 4.78 is 0. The van der Waals surface area contributed by atoms with Gasteiger partial charge in [0.05, 0.1) is 4.92 Å². The minimum atomic E-state index is -0.504. The van der Waals surface area contributed by atoms with E-state index in [1.165, 1.54) is 6.07 Å². The molecule has 1 aromatic rings. The molecular formula is C11H15ClN2O3. The number of hydrogen-bond donors (Lipinski definition) is 2. The predicted molar refractivity (Wildman–Crippen MR) is 67.6 cm³/mol. The van der Waals surface area contributed by atoms with Crippen LogP contribution in [0.2, 0.25) is 5.02 Å². The number of nitro groups is 1. The van der Waals surface area contributed by atoms with Crippen LogP contribution in [-0.4, -0.2) is 22.7 Å². The van der Waals surface area contributed by atoms with Gasteiger partial charge in [-0.05, 0) is 31.9 Å². The van der Waals surface area contributed by atoms with Gasteiger partial charge < -0.3 is 10.4 Å². The molecule has 5 nitrogen and oxygen atoms in total. The Morgan fingerprint density at radius 3 is 2.76 bits per heavy atom. The van der Waals surface area contributed by atoms with Gasteiger partial charge in [-0.25, -0.2) is 0 Å². The SMILES string of the molecule is Cc1cc([N+](=O)[O-])c(Cl)cc1NC(C)CCO. The molecule has 2 N–H and O–H groups in total. The predicted octanol–water partition coefficient (Wildman–Crippen LogP) is 2.74. The second-order valence-electron chi connectivity index (χ2n) is 3.93. The molecule has 0 aromatic heterocycles. The van der Waals surface area contributed by atoms with Crippen molar-refractivity contribution in [3.8, 4) is 0 Å². The summed E-state index contributed by atoms with van der Waals surface area (Å²) in [5.41, 5.74) is 1.41. The number of aryl methyl sites for hydroxylation is 1. The van der Waals surface area contributed by atoms with Gasteiger partial charge in [0.25, 0.3) is 5.69 Å². The van der Waals surface area contributed by atoms with Crippen molar-refractivity contribution < 1.29 is 10.0 Å². The van der Waals surface area contributed by atoms with E-state index in [2.05, 4.69) is 5.32 Å². The summed E-state index contributed by atoms with van der Waals surface area (Å²) in [4.78, 5) is 10.2. The number of nitrogens with one attached hydrogen (secondary N) is 1. The Labute approximate surface area is 105 Å². The third-order valence-corrected chi connectivity index (χ3v) is 2.76. The maximum atomic E-state index is 10.7. The summed E-state index contributed by atoms with van der Waals surface area (Å²) in [5.74, 6) is 0. The molecule has 17 heavy (non-hydrogen) atoms. The van der Waals surface area contributed by atoms with Crippen LogP contribution in [0.25, 0.3) is 0 Å². The first kappa shape index (κ1) is 13.7. The maximum absolute atomic E-state index is 10.7. The van der Waals surface area contributed by atoms with E-state index in [0.717, 1.165) is 11.3 Å². The van der Waals surface area contributed by atoms with E-state index >= 15 is 0 Å². The van der Waals surface area contributed by atoms with Gasteiger partial charge in [-0.1, -0.05) is 11.6 Å². The van der Waals surface area contributed by atoms with E-state index in [1.54, 1.807) is 13.0 Å². The van der Waals surface area contributed by atoms with Gasteiger partial charge in [-0.15, -0.1) is 0 Å². The second-order valence-corrected chi connectivity index (χ2v) is 4.34. The minimum Gasteiger partial charge on any atom is -0.396 e. The van der Waals surface area contributed by atoms with Crippen molar-refractivity contribution in [1.82, 2.24) is 0 Å². The van der Waals surface area contributed by atoms with E-state index in [1.807, 2.05) is 6.92 Å². The summed E-state index contributed by atoms with van der Waals surface area (Å²) >= 11 is 5.83. The Morgan fingerprint density at radius 1 is 1.59 bits per heavy atom. The molecule has 0 aliphatic carbocycles. The lowest BCUT2D eigenvalue weighted by Crippen LogP contribution is -2.17. The summed E-state index contributed by atoms with van der Waals surface area (Å²) in [6.45, 7) is 3.79. The van der Waals surface area contributed by atoms with Gasteiger partial charge in [-0.3, -0.25) is 10.1 Å². The number of anilines is 1. The van der Waals surface area contributed by atoms with Crippen LogP contribution in [0, 0.1) is 17.0 Å². The topological polar surface area (TPSA) is 75.4 Å². The average molecular weight is 259 g/mol. The van der Waals surface area contributed by atoms with Crippen LogP contribution >= 0.6 is 11.6 Å². The highest BCUT2D eigenvalue weighted by atomic mass is 35.5. The molecular weight excluding hydrogens is 244 g/mol. The number of rotatable bonds is 5. The first-order valence-electron chi connectivity index (χ1n) is 5.27. The fraction of sp³-hybridized carbons (Fsp3) is 0.455. The number of nitro benzene ring substituents is 1. The van der Waals surface area contributed by atoms with E-state index in [9.17, 15) is 10.1 Å².